The lowest BCUT2D eigenvalue weighted by Crippen LogP contribution is -2.62. The van der Waals surface area contributed by atoms with Gasteiger partial charge in [0.2, 0.25) is 0 Å². The summed E-state index contributed by atoms with van der Waals surface area (Å²) in [7, 11) is 0. The largest absolute Gasteiger partial charge is 0.357 e. The molecular formula is C18H31F2NO. The van der Waals surface area contributed by atoms with E-state index in [1.54, 1.807) is 0 Å². The Hall–Kier alpha value is -0.480. The molecule has 2 rings (SSSR count). The number of hydrogen-bond donors (Lipinski definition) is 0. The fourth-order valence-electron chi connectivity index (χ4n) is 4.09. The summed E-state index contributed by atoms with van der Waals surface area (Å²) in [5.41, 5.74) is 0.633. The molecule has 2 nitrogen and oxygen atoms in total. The lowest BCUT2D eigenvalue weighted by molar-refractivity contribution is -0.224. The number of likely N-dealkylation sites (tertiary alicyclic amines) is 1. The van der Waals surface area contributed by atoms with E-state index in [9.17, 15) is 0 Å². The summed E-state index contributed by atoms with van der Waals surface area (Å²) in [6, 6.07) is 0.145. The first-order valence-corrected chi connectivity index (χ1v) is 8.66. The number of hydrogen-bond acceptors (Lipinski definition) is 2. The second kappa shape index (κ2) is 6.20. The van der Waals surface area contributed by atoms with Gasteiger partial charge in [-0.3, -0.25) is 4.90 Å². The summed E-state index contributed by atoms with van der Waals surface area (Å²) in [6.07, 6.45) is 1.72. The molecule has 0 amide bonds. The van der Waals surface area contributed by atoms with Crippen molar-refractivity contribution in [2.75, 3.05) is 13.1 Å². The minimum absolute atomic E-state index is 0.145. The van der Waals surface area contributed by atoms with Crippen LogP contribution in [0.4, 0.5) is 8.78 Å². The van der Waals surface area contributed by atoms with Crippen molar-refractivity contribution in [1.29, 1.82) is 0 Å². The molecule has 1 spiro atoms. The SMILES string of the molecule is CCC1=C(CC(C)C)C(C)OC12CCN(C(C)C)CC2(F)F. The average molecular weight is 315 g/mol. The van der Waals surface area contributed by atoms with Gasteiger partial charge < -0.3 is 4.74 Å². The van der Waals surface area contributed by atoms with Crippen LogP contribution in [0.1, 0.15) is 60.8 Å². The zero-order valence-electron chi connectivity index (χ0n) is 14.9. The highest BCUT2D eigenvalue weighted by molar-refractivity contribution is 5.36. The summed E-state index contributed by atoms with van der Waals surface area (Å²) in [4.78, 5) is 1.87. The zero-order chi connectivity index (χ0) is 16.7. The zero-order valence-corrected chi connectivity index (χ0v) is 14.9. The van der Waals surface area contributed by atoms with Gasteiger partial charge in [0.1, 0.15) is 0 Å². The van der Waals surface area contributed by atoms with E-state index in [0.29, 0.717) is 25.3 Å². The summed E-state index contributed by atoms with van der Waals surface area (Å²) >= 11 is 0. The van der Waals surface area contributed by atoms with Crippen LogP contribution in [-0.2, 0) is 4.74 Å². The van der Waals surface area contributed by atoms with Crippen LogP contribution in [0, 0.1) is 5.92 Å². The minimum Gasteiger partial charge on any atom is -0.357 e. The highest BCUT2D eigenvalue weighted by atomic mass is 19.3. The monoisotopic (exact) mass is 315 g/mol. The fourth-order valence-corrected chi connectivity index (χ4v) is 4.09. The Balaban J connectivity index is 2.39. The van der Waals surface area contributed by atoms with E-state index in [2.05, 4.69) is 13.8 Å². The van der Waals surface area contributed by atoms with E-state index in [0.717, 1.165) is 17.6 Å². The summed E-state index contributed by atoms with van der Waals surface area (Å²) < 4.78 is 36.2. The van der Waals surface area contributed by atoms with Gasteiger partial charge in [-0.2, -0.15) is 0 Å². The third-order valence-electron chi connectivity index (χ3n) is 5.20. The molecular weight excluding hydrogens is 284 g/mol. The van der Waals surface area contributed by atoms with Crippen molar-refractivity contribution in [3.05, 3.63) is 11.1 Å². The van der Waals surface area contributed by atoms with E-state index < -0.39 is 11.5 Å². The maximum absolute atomic E-state index is 15.1. The molecule has 1 fully saturated rings. The molecule has 0 saturated carbocycles. The molecule has 0 aromatic heterocycles. The van der Waals surface area contributed by atoms with Gasteiger partial charge in [-0.05, 0) is 57.1 Å². The van der Waals surface area contributed by atoms with Crippen LogP contribution in [0.15, 0.2) is 11.1 Å². The van der Waals surface area contributed by atoms with E-state index in [4.69, 9.17) is 4.74 Å². The number of rotatable bonds is 4. The summed E-state index contributed by atoms with van der Waals surface area (Å²) in [5.74, 6) is -2.37. The van der Waals surface area contributed by atoms with Crippen molar-refractivity contribution in [2.45, 2.75) is 84.5 Å². The molecule has 2 heterocycles. The molecule has 4 heteroatoms. The van der Waals surface area contributed by atoms with Crippen molar-refractivity contribution >= 4 is 0 Å². The standard InChI is InChI=1S/C18H31F2NO/c1-7-16-15(10-12(2)3)14(6)22-17(16)8-9-21(13(4)5)11-18(17,19)20/h12-14H,7-11H2,1-6H3. The van der Waals surface area contributed by atoms with Crippen LogP contribution >= 0.6 is 0 Å². The second-order valence-corrected chi connectivity index (χ2v) is 7.56. The molecule has 2 aliphatic heterocycles. The van der Waals surface area contributed by atoms with Crippen molar-refractivity contribution in [3.63, 3.8) is 0 Å². The van der Waals surface area contributed by atoms with E-state index >= 15 is 8.78 Å². The Labute approximate surface area is 133 Å². The lowest BCUT2D eigenvalue weighted by atomic mass is 9.77. The molecule has 2 unspecified atom stereocenters. The molecule has 2 atom stereocenters. The van der Waals surface area contributed by atoms with Crippen molar-refractivity contribution < 1.29 is 13.5 Å². The topological polar surface area (TPSA) is 12.5 Å². The van der Waals surface area contributed by atoms with Crippen LogP contribution in [-0.4, -0.2) is 41.7 Å². The number of piperidine rings is 1. The van der Waals surface area contributed by atoms with Crippen LogP contribution < -0.4 is 0 Å². The maximum Gasteiger partial charge on any atom is 0.292 e. The van der Waals surface area contributed by atoms with E-state index in [1.807, 2.05) is 32.6 Å². The molecule has 22 heavy (non-hydrogen) atoms. The Morgan fingerprint density at radius 3 is 2.36 bits per heavy atom. The third-order valence-corrected chi connectivity index (χ3v) is 5.20. The second-order valence-electron chi connectivity index (χ2n) is 7.56. The Morgan fingerprint density at radius 1 is 1.27 bits per heavy atom. The minimum atomic E-state index is -2.83. The average Bonchev–Trinajstić information content (AvgIpc) is 2.66. The van der Waals surface area contributed by atoms with Gasteiger partial charge >= 0.3 is 0 Å². The Morgan fingerprint density at radius 2 is 1.91 bits per heavy atom. The quantitative estimate of drug-likeness (QED) is 0.700. The van der Waals surface area contributed by atoms with Crippen LogP contribution in [0.5, 0.6) is 0 Å². The van der Waals surface area contributed by atoms with Crippen molar-refractivity contribution in [1.82, 2.24) is 4.90 Å². The molecule has 0 N–H and O–H groups in total. The smallest absolute Gasteiger partial charge is 0.292 e. The fraction of sp³-hybridized carbons (Fsp3) is 0.889. The number of halogens is 2. The van der Waals surface area contributed by atoms with Gasteiger partial charge in [0, 0.05) is 12.6 Å². The predicted molar refractivity (Wildman–Crippen MR) is 86.3 cm³/mol. The molecule has 0 aromatic rings. The van der Waals surface area contributed by atoms with Gasteiger partial charge in [-0.1, -0.05) is 20.8 Å². The van der Waals surface area contributed by atoms with E-state index in [1.165, 1.54) is 0 Å². The van der Waals surface area contributed by atoms with Gasteiger partial charge in [-0.25, -0.2) is 8.78 Å². The molecule has 128 valence electrons. The molecule has 2 aliphatic rings. The molecule has 0 aliphatic carbocycles. The first-order chi connectivity index (χ1) is 10.1. The third kappa shape index (κ3) is 2.84. The van der Waals surface area contributed by atoms with Crippen LogP contribution in [0.25, 0.3) is 0 Å². The van der Waals surface area contributed by atoms with E-state index in [-0.39, 0.29) is 18.7 Å². The number of ether oxygens (including phenoxy) is 1. The maximum atomic E-state index is 15.1. The van der Waals surface area contributed by atoms with Crippen molar-refractivity contribution in [3.8, 4) is 0 Å². The van der Waals surface area contributed by atoms with Crippen molar-refractivity contribution in [2.24, 2.45) is 5.92 Å². The van der Waals surface area contributed by atoms with Crippen LogP contribution in [0.3, 0.4) is 0 Å². The highest BCUT2D eigenvalue weighted by Gasteiger charge is 2.63. The Kier molecular flexibility index (Phi) is 5.03. The summed E-state index contributed by atoms with van der Waals surface area (Å²) in [5, 5.41) is 0. The molecule has 0 radical (unpaired) electrons. The van der Waals surface area contributed by atoms with Gasteiger partial charge in [-0.15, -0.1) is 0 Å². The van der Waals surface area contributed by atoms with Gasteiger partial charge in [0.25, 0.3) is 5.92 Å². The van der Waals surface area contributed by atoms with Gasteiger partial charge in [0.05, 0.1) is 12.6 Å². The molecule has 0 aromatic carbocycles. The van der Waals surface area contributed by atoms with Crippen LogP contribution in [0.2, 0.25) is 0 Å². The number of nitrogens with zero attached hydrogens (tertiary/aromatic N) is 1. The van der Waals surface area contributed by atoms with Gasteiger partial charge in [0.15, 0.2) is 5.60 Å². The lowest BCUT2D eigenvalue weighted by Gasteiger charge is -2.47. The molecule has 0 bridgehead atoms. The first kappa shape index (κ1) is 17.9. The number of alkyl halides is 2. The first-order valence-electron chi connectivity index (χ1n) is 8.66. The normalized spacial score (nSPS) is 32.7. The summed E-state index contributed by atoms with van der Waals surface area (Å²) in [6.45, 7) is 12.6. The Bertz CT molecular complexity index is 444. The highest BCUT2D eigenvalue weighted by Crippen LogP contribution is 2.52. The predicted octanol–water partition coefficient (Wildman–Crippen LogP) is 4.65. The molecule has 1 saturated heterocycles.